The first-order valence-corrected chi connectivity index (χ1v) is 7.29. The lowest BCUT2D eigenvalue weighted by molar-refractivity contribution is 0.0693. The van der Waals surface area contributed by atoms with Crippen molar-refractivity contribution in [3.63, 3.8) is 0 Å². The molecule has 0 aliphatic carbocycles. The van der Waals surface area contributed by atoms with Crippen molar-refractivity contribution < 1.29 is 4.79 Å². The molecule has 0 saturated carbocycles. The van der Waals surface area contributed by atoms with Crippen LogP contribution in [0.4, 0.5) is 0 Å². The van der Waals surface area contributed by atoms with Gasteiger partial charge in [0, 0.05) is 35.8 Å². The van der Waals surface area contributed by atoms with E-state index in [1.165, 1.54) is 0 Å². The van der Waals surface area contributed by atoms with Crippen molar-refractivity contribution in [1.82, 2.24) is 15.2 Å². The van der Waals surface area contributed by atoms with Crippen molar-refractivity contribution >= 4 is 16.8 Å². The van der Waals surface area contributed by atoms with Gasteiger partial charge in [0.15, 0.2) is 0 Å². The normalized spacial score (nSPS) is 16.8. The quantitative estimate of drug-likeness (QED) is 0.899. The van der Waals surface area contributed by atoms with Crippen LogP contribution in [-0.4, -0.2) is 42.5 Å². The van der Waals surface area contributed by atoms with Crippen LogP contribution in [0.1, 0.15) is 23.2 Å². The zero-order valence-corrected chi connectivity index (χ0v) is 11.9. The van der Waals surface area contributed by atoms with Gasteiger partial charge in [-0.1, -0.05) is 6.07 Å². The van der Waals surface area contributed by atoms with E-state index in [0.29, 0.717) is 5.92 Å². The molecule has 0 atom stereocenters. The van der Waals surface area contributed by atoms with E-state index in [1.807, 2.05) is 42.4 Å². The Hall–Kier alpha value is -1.81. The minimum Gasteiger partial charge on any atom is -0.361 e. The number of likely N-dealkylation sites (tertiary alicyclic amines) is 1. The molecule has 0 spiro atoms. The Morgan fingerprint density at radius 3 is 2.90 bits per heavy atom. The Morgan fingerprint density at radius 2 is 2.15 bits per heavy atom. The Balaban J connectivity index is 1.75. The Morgan fingerprint density at radius 1 is 1.35 bits per heavy atom. The van der Waals surface area contributed by atoms with Gasteiger partial charge < -0.3 is 15.2 Å². The number of nitrogens with zero attached hydrogens (tertiary/aromatic N) is 1. The van der Waals surface area contributed by atoms with Crippen LogP contribution < -0.4 is 5.32 Å². The first-order chi connectivity index (χ1) is 9.79. The lowest BCUT2D eigenvalue weighted by atomic mass is 9.96. The Kier molecular flexibility index (Phi) is 3.74. The molecule has 0 radical (unpaired) electrons. The van der Waals surface area contributed by atoms with Crippen LogP contribution in [-0.2, 0) is 0 Å². The zero-order valence-electron chi connectivity index (χ0n) is 11.9. The van der Waals surface area contributed by atoms with Crippen molar-refractivity contribution in [3.8, 4) is 0 Å². The second-order valence-corrected chi connectivity index (χ2v) is 5.54. The minimum absolute atomic E-state index is 0.165. The largest absolute Gasteiger partial charge is 0.361 e. The molecule has 20 heavy (non-hydrogen) atoms. The molecule has 3 rings (SSSR count). The van der Waals surface area contributed by atoms with Crippen LogP contribution in [0.3, 0.4) is 0 Å². The molecule has 2 N–H and O–H groups in total. The molecule has 1 aromatic heterocycles. The van der Waals surface area contributed by atoms with Gasteiger partial charge in [-0.25, -0.2) is 0 Å². The second kappa shape index (κ2) is 5.67. The number of carbonyl (C=O) groups is 1. The van der Waals surface area contributed by atoms with E-state index in [2.05, 4.69) is 10.3 Å². The number of H-pyrrole nitrogens is 1. The van der Waals surface area contributed by atoms with Crippen LogP contribution in [0.25, 0.3) is 10.9 Å². The SMILES string of the molecule is CNCC1CCN(C(=O)c2cccc3[nH]ccc23)CC1. The van der Waals surface area contributed by atoms with Crippen LogP contribution >= 0.6 is 0 Å². The average Bonchev–Trinajstić information content (AvgIpc) is 2.96. The van der Waals surface area contributed by atoms with E-state index in [-0.39, 0.29) is 5.91 Å². The number of rotatable bonds is 3. The van der Waals surface area contributed by atoms with Crippen LogP contribution in [0.2, 0.25) is 0 Å². The van der Waals surface area contributed by atoms with Gasteiger partial charge in [0.25, 0.3) is 5.91 Å². The molecule has 2 heterocycles. The van der Waals surface area contributed by atoms with E-state index in [1.54, 1.807) is 0 Å². The molecular formula is C16H21N3O. The highest BCUT2D eigenvalue weighted by molar-refractivity contribution is 6.06. The number of benzene rings is 1. The van der Waals surface area contributed by atoms with Crippen molar-refractivity contribution in [2.24, 2.45) is 5.92 Å². The van der Waals surface area contributed by atoms with E-state index >= 15 is 0 Å². The fraction of sp³-hybridized carbons (Fsp3) is 0.438. The Bertz CT molecular complexity index is 597. The van der Waals surface area contributed by atoms with Crippen molar-refractivity contribution in [2.45, 2.75) is 12.8 Å². The number of amides is 1. The van der Waals surface area contributed by atoms with Gasteiger partial charge in [0.1, 0.15) is 0 Å². The number of hydrogen-bond acceptors (Lipinski definition) is 2. The van der Waals surface area contributed by atoms with Gasteiger partial charge in [-0.2, -0.15) is 0 Å². The van der Waals surface area contributed by atoms with Crippen molar-refractivity contribution in [2.75, 3.05) is 26.7 Å². The third-order valence-electron chi connectivity index (χ3n) is 4.22. The number of carbonyl (C=O) groups excluding carboxylic acids is 1. The van der Waals surface area contributed by atoms with Crippen LogP contribution in [0.15, 0.2) is 30.5 Å². The number of piperidine rings is 1. The highest BCUT2D eigenvalue weighted by atomic mass is 16.2. The summed E-state index contributed by atoms with van der Waals surface area (Å²) < 4.78 is 0. The maximum absolute atomic E-state index is 12.7. The molecule has 1 aliphatic heterocycles. The molecule has 1 amide bonds. The lowest BCUT2D eigenvalue weighted by Gasteiger charge is -2.32. The lowest BCUT2D eigenvalue weighted by Crippen LogP contribution is -2.40. The fourth-order valence-electron chi connectivity index (χ4n) is 3.07. The smallest absolute Gasteiger partial charge is 0.254 e. The molecule has 1 saturated heterocycles. The maximum atomic E-state index is 12.7. The van der Waals surface area contributed by atoms with Gasteiger partial charge in [-0.3, -0.25) is 4.79 Å². The van der Waals surface area contributed by atoms with Gasteiger partial charge in [-0.15, -0.1) is 0 Å². The number of aromatic amines is 1. The molecule has 1 fully saturated rings. The summed E-state index contributed by atoms with van der Waals surface area (Å²) in [5.74, 6) is 0.866. The first kappa shape index (κ1) is 13.2. The topological polar surface area (TPSA) is 48.1 Å². The highest BCUT2D eigenvalue weighted by Gasteiger charge is 2.24. The zero-order chi connectivity index (χ0) is 13.9. The van der Waals surface area contributed by atoms with Gasteiger partial charge in [0.2, 0.25) is 0 Å². The average molecular weight is 271 g/mol. The van der Waals surface area contributed by atoms with Crippen LogP contribution in [0.5, 0.6) is 0 Å². The predicted octanol–water partition coefficient (Wildman–Crippen LogP) is 2.24. The standard InChI is InChI=1S/C16H21N3O/c1-17-11-12-6-9-19(10-7-12)16(20)14-3-2-4-15-13(14)5-8-18-15/h2-5,8,12,17-18H,6-7,9-11H2,1H3. The molecule has 1 aliphatic rings. The summed E-state index contributed by atoms with van der Waals surface area (Å²) in [5, 5.41) is 4.25. The molecule has 1 aromatic carbocycles. The van der Waals surface area contributed by atoms with Crippen molar-refractivity contribution in [1.29, 1.82) is 0 Å². The van der Waals surface area contributed by atoms with E-state index < -0.39 is 0 Å². The first-order valence-electron chi connectivity index (χ1n) is 7.29. The fourth-order valence-corrected chi connectivity index (χ4v) is 3.07. The van der Waals surface area contributed by atoms with Gasteiger partial charge in [-0.05, 0) is 50.6 Å². The number of nitrogens with one attached hydrogen (secondary N) is 2. The summed E-state index contributed by atoms with van der Waals surface area (Å²) in [6.45, 7) is 2.79. The summed E-state index contributed by atoms with van der Waals surface area (Å²) in [6.07, 6.45) is 4.08. The van der Waals surface area contributed by atoms with Crippen LogP contribution in [0, 0.1) is 5.92 Å². The maximum Gasteiger partial charge on any atom is 0.254 e. The van der Waals surface area contributed by atoms with Gasteiger partial charge >= 0.3 is 0 Å². The summed E-state index contributed by atoms with van der Waals surface area (Å²) >= 11 is 0. The number of fused-ring (bicyclic) bond motifs is 1. The molecule has 4 nitrogen and oxygen atoms in total. The number of aromatic nitrogens is 1. The van der Waals surface area contributed by atoms with Crippen molar-refractivity contribution in [3.05, 3.63) is 36.0 Å². The summed E-state index contributed by atoms with van der Waals surface area (Å²) in [4.78, 5) is 17.8. The third kappa shape index (κ3) is 2.43. The summed E-state index contributed by atoms with van der Waals surface area (Å²) in [7, 11) is 1.99. The molecule has 106 valence electrons. The number of hydrogen-bond donors (Lipinski definition) is 2. The Labute approximate surface area is 119 Å². The third-order valence-corrected chi connectivity index (χ3v) is 4.22. The summed E-state index contributed by atoms with van der Waals surface area (Å²) in [6, 6.07) is 7.86. The highest BCUT2D eigenvalue weighted by Crippen LogP contribution is 2.22. The molecular weight excluding hydrogens is 250 g/mol. The molecule has 2 aromatic rings. The predicted molar refractivity (Wildman–Crippen MR) is 80.9 cm³/mol. The van der Waals surface area contributed by atoms with E-state index in [4.69, 9.17) is 0 Å². The van der Waals surface area contributed by atoms with E-state index in [9.17, 15) is 4.79 Å². The monoisotopic (exact) mass is 271 g/mol. The second-order valence-electron chi connectivity index (χ2n) is 5.54. The molecule has 0 unspecified atom stereocenters. The van der Waals surface area contributed by atoms with E-state index in [0.717, 1.165) is 48.9 Å². The minimum atomic E-state index is 0.165. The molecule has 0 bridgehead atoms. The summed E-state index contributed by atoms with van der Waals surface area (Å²) in [5.41, 5.74) is 1.84. The molecule has 4 heteroatoms. The van der Waals surface area contributed by atoms with Gasteiger partial charge in [0.05, 0.1) is 0 Å².